The van der Waals surface area contributed by atoms with E-state index in [1.54, 1.807) is 20.8 Å². The Morgan fingerprint density at radius 3 is 1.37 bits per heavy atom. The molecular formula is C25H52N2O3. The number of carboxylic acid groups (broad SMARTS) is 1. The molecular weight excluding hydrogens is 376 g/mol. The third kappa shape index (κ3) is 26.9. The third-order valence-corrected chi connectivity index (χ3v) is 5.12. The number of nitrogens with one attached hydrogen (secondary N) is 1. The summed E-state index contributed by atoms with van der Waals surface area (Å²) in [5, 5.41) is 11.1. The summed E-state index contributed by atoms with van der Waals surface area (Å²) in [6.45, 7) is 8.41. The molecule has 0 aliphatic rings. The predicted molar refractivity (Wildman–Crippen MR) is 129 cm³/mol. The fourth-order valence-electron chi connectivity index (χ4n) is 2.96. The third-order valence-electron chi connectivity index (χ3n) is 5.12. The number of hydrogen-bond acceptors (Lipinski definition) is 3. The molecule has 30 heavy (non-hydrogen) atoms. The van der Waals surface area contributed by atoms with E-state index in [0.717, 1.165) is 6.42 Å². The molecule has 0 unspecified atom stereocenters. The SMILES string of the molecule is CC(C)(C)C(=O)O.CCCCCCCCCCCCCCCCCC(=O)NCCN. The predicted octanol–water partition coefficient (Wildman–Crippen LogP) is 6.44. The number of hydrogen-bond donors (Lipinski definition) is 3. The maximum Gasteiger partial charge on any atom is 0.308 e. The molecule has 0 aromatic heterocycles. The number of carboxylic acids is 1. The first kappa shape index (κ1) is 31.1. The van der Waals surface area contributed by atoms with E-state index in [9.17, 15) is 9.59 Å². The van der Waals surface area contributed by atoms with E-state index in [1.165, 1.54) is 89.9 Å². The van der Waals surface area contributed by atoms with Gasteiger partial charge < -0.3 is 16.2 Å². The molecule has 0 atom stereocenters. The van der Waals surface area contributed by atoms with Crippen molar-refractivity contribution in [3.05, 3.63) is 0 Å². The van der Waals surface area contributed by atoms with E-state index < -0.39 is 11.4 Å². The van der Waals surface area contributed by atoms with Crippen LogP contribution in [0.5, 0.6) is 0 Å². The van der Waals surface area contributed by atoms with Gasteiger partial charge in [-0.1, -0.05) is 96.8 Å². The van der Waals surface area contributed by atoms with Gasteiger partial charge in [0.1, 0.15) is 0 Å². The summed E-state index contributed by atoms with van der Waals surface area (Å²) in [6, 6.07) is 0. The van der Waals surface area contributed by atoms with Crippen LogP contribution in [-0.2, 0) is 9.59 Å². The van der Waals surface area contributed by atoms with Crippen LogP contribution in [-0.4, -0.2) is 30.1 Å². The van der Waals surface area contributed by atoms with Gasteiger partial charge in [0.15, 0.2) is 0 Å². The van der Waals surface area contributed by atoms with Crippen LogP contribution in [0.1, 0.15) is 130 Å². The summed E-state index contributed by atoms with van der Waals surface area (Å²) in [5.74, 6) is -0.599. The molecule has 0 aliphatic heterocycles. The van der Waals surface area contributed by atoms with Crippen LogP contribution in [0.25, 0.3) is 0 Å². The van der Waals surface area contributed by atoms with E-state index in [2.05, 4.69) is 12.2 Å². The molecule has 5 nitrogen and oxygen atoms in total. The fraction of sp³-hybridized carbons (Fsp3) is 0.920. The topological polar surface area (TPSA) is 92.4 Å². The quantitative estimate of drug-likeness (QED) is 0.219. The highest BCUT2D eigenvalue weighted by Crippen LogP contribution is 2.13. The van der Waals surface area contributed by atoms with E-state index in [4.69, 9.17) is 10.8 Å². The van der Waals surface area contributed by atoms with Crippen molar-refractivity contribution in [1.82, 2.24) is 5.32 Å². The van der Waals surface area contributed by atoms with Crippen molar-refractivity contribution in [3.8, 4) is 0 Å². The highest BCUT2D eigenvalue weighted by atomic mass is 16.4. The minimum absolute atomic E-state index is 0.158. The number of nitrogens with two attached hydrogens (primary N) is 1. The molecule has 0 saturated carbocycles. The molecule has 0 spiro atoms. The Kier molecular flexibility index (Phi) is 23.4. The average molecular weight is 429 g/mol. The smallest absolute Gasteiger partial charge is 0.308 e. The average Bonchev–Trinajstić information content (AvgIpc) is 2.69. The van der Waals surface area contributed by atoms with E-state index >= 15 is 0 Å². The number of amides is 1. The lowest BCUT2D eigenvalue weighted by Gasteiger charge is -2.08. The van der Waals surface area contributed by atoms with Crippen molar-refractivity contribution < 1.29 is 14.7 Å². The molecule has 0 radical (unpaired) electrons. The van der Waals surface area contributed by atoms with Gasteiger partial charge in [-0.2, -0.15) is 0 Å². The zero-order valence-corrected chi connectivity index (χ0v) is 20.6. The second-order valence-corrected chi connectivity index (χ2v) is 9.39. The standard InChI is InChI=1S/C20H42N2O.C5H10O2/c1-2-3-4-5-6-7-8-9-10-11-12-13-14-15-16-17-20(23)22-19-18-21;1-5(2,3)4(6)7/h2-19,21H2,1H3,(H,22,23);1-3H3,(H,6,7). The van der Waals surface area contributed by atoms with Crippen LogP contribution in [0.3, 0.4) is 0 Å². The first-order valence-electron chi connectivity index (χ1n) is 12.5. The van der Waals surface area contributed by atoms with Crippen molar-refractivity contribution in [2.75, 3.05) is 13.1 Å². The molecule has 4 N–H and O–H groups in total. The fourth-order valence-corrected chi connectivity index (χ4v) is 2.96. The number of rotatable bonds is 18. The van der Waals surface area contributed by atoms with Crippen LogP contribution in [0.2, 0.25) is 0 Å². The van der Waals surface area contributed by atoms with Crippen LogP contribution in [0, 0.1) is 5.41 Å². The first-order chi connectivity index (χ1) is 14.3. The van der Waals surface area contributed by atoms with E-state index in [0.29, 0.717) is 19.5 Å². The van der Waals surface area contributed by atoms with Crippen molar-refractivity contribution in [3.63, 3.8) is 0 Å². The largest absolute Gasteiger partial charge is 0.481 e. The second-order valence-electron chi connectivity index (χ2n) is 9.39. The minimum atomic E-state index is -0.757. The molecule has 0 aliphatic carbocycles. The highest BCUT2D eigenvalue weighted by Gasteiger charge is 2.18. The molecule has 1 amide bonds. The van der Waals surface area contributed by atoms with Gasteiger partial charge in [-0.3, -0.25) is 9.59 Å². The number of carbonyl (C=O) groups is 2. The van der Waals surface area contributed by atoms with Crippen molar-refractivity contribution in [2.24, 2.45) is 11.1 Å². The molecule has 5 heteroatoms. The number of carbonyl (C=O) groups excluding carboxylic acids is 1. The summed E-state index contributed by atoms with van der Waals surface area (Å²) < 4.78 is 0. The summed E-state index contributed by atoms with van der Waals surface area (Å²) >= 11 is 0. The summed E-state index contributed by atoms with van der Waals surface area (Å²) in [6.07, 6.45) is 21.1. The molecule has 0 heterocycles. The Morgan fingerprint density at radius 2 is 1.07 bits per heavy atom. The summed E-state index contributed by atoms with van der Waals surface area (Å²) in [5.41, 5.74) is 4.76. The normalized spacial score (nSPS) is 11.0. The van der Waals surface area contributed by atoms with Gasteiger partial charge in [0.25, 0.3) is 0 Å². The Hall–Kier alpha value is -1.10. The van der Waals surface area contributed by atoms with Crippen LogP contribution >= 0.6 is 0 Å². The first-order valence-corrected chi connectivity index (χ1v) is 12.5. The minimum Gasteiger partial charge on any atom is -0.481 e. The van der Waals surface area contributed by atoms with Gasteiger partial charge in [0.2, 0.25) is 5.91 Å². The van der Waals surface area contributed by atoms with Gasteiger partial charge in [0.05, 0.1) is 5.41 Å². The van der Waals surface area contributed by atoms with Gasteiger partial charge in [-0.05, 0) is 27.2 Å². The maximum absolute atomic E-state index is 11.4. The summed E-state index contributed by atoms with van der Waals surface area (Å²) in [7, 11) is 0. The lowest BCUT2D eigenvalue weighted by atomic mass is 9.98. The zero-order valence-electron chi connectivity index (χ0n) is 20.6. The lowest BCUT2D eigenvalue weighted by molar-refractivity contribution is -0.145. The Labute approximate surface area is 187 Å². The molecule has 180 valence electrons. The second kappa shape index (κ2) is 22.6. The van der Waals surface area contributed by atoms with Crippen molar-refractivity contribution in [2.45, 2.75) is 130 Å². The van der Waals surface area contributed by atoms with Crippen molar-refractivity contribution in [1.29, 1.82) is 0 Å². The molecule has 0 fully saturated rings. The van der Waals surface area contributed by atoms with Gasteiger partial charge in [-0.15, -0.1) is 0 Å². The molecule has 0 rings (SSSR count). The Balaban J connectivity index is 0. The van der Waals surface area contributed by atoms with Gasteiger partial charge in [0, 0.05) is 19.5 Å². The van der Waals surface area contributed by atoms with Crippen LogP contribution in [0.15, 0.2) is 0 Å². The molecule has 0 bridgehead atoms. The number of unbranched alkanes of at least 4 members (excludes halogenated alkanes) is 14. The zero-order chi connectivity index (χ0) is 23.1. The van der Waals surface area contributed by atoms with Gasteiger partial charge in [-0.25, -0.2) is 0 Å². The Bertz CT molecular complexity index is 392. The van der Waals surface area contributed by atoms with Crippen LogP contribution in [0.4, 0.5) is 0 Å². The van der Waals surface area contributed by atoms with Gasteiger partial charge >= 0.3 is 5.97 Å². The van der Waals surface area contributed by atoms with Crippen LogP contribution < -0.4 is 11.1 Å². The highest BCUT2D eigenvalue weighted by molar-refractivity contribution is 5.75. The monoisotopic (exact) mass is 428 g/mol. The van der Waals surface area contributed by atoms with Crippen molar-refractivity contribution >= 4 is 11.9 Å². The molecule has 0 aromatic rings. The number of aliphatic carboxylic acids is 1. The Morgan fingerprint density at radius 1 is 0.733 bits per heavy atom. The lowest BCUT2D eigenvalue weighted by Crippen LogP contribution is -2.28. The summed E-state index contributed by atoms with van der Waals surface area (Å²) in [4.78, 5) is 21.4. The molecule has 0 saturated heterocycles. The van der Waals surface area contributed by atoms with E-state index in [-0.39, 0.29) is 5.91 Å². The molecule has 0 aromatic carbocycles. The maximum atomic E-state index is 11.4. The van der Waals surface area contributed by atoms with E-state index in [1.807, 2.05) is 0 Å².